The molecule has 5 rings (SSSR count). The Kier molecular flexibility index (Phi) is 6.89. The molecule has 0 bridgehead atoms. The highest BCUT2D eigenvalue weighted by Crippen LogP contribution is 2.41. The number of nitrogens with zero attached hydrogens (tertiary/aromatic N) is 2. The fourth-order valence-electron chi connectivity index (χ4n) is 5.37. The van der Waals surface area contributed by atoms with Gasteiger partial charge in [0.15, 0.2) is 0 Å². The normalized spacial score (nSPS) is 15.5. The van der Waals surface area contributed by atoms with Crippen LogP contribution in [0.2, 0.25) is 0 Å². The van der Waals surface area contributed by atoms with Gasteiger partial charge in [0, 0.05) is 43.7 Å². The second-order valence-corrected chi connectivity index (χ2v) is 10.0. The molecule has 1 heterocycles. The number of rotatable bonds is 9. The number of Topliss-reactive ketones (excluding diaryl/α,β-unsaturated/α-hetero) is 1. The number of ether oxygens (including phenoxy) is 1. The molecule has 194 valence electrons. The predicted octanol–water partition coefficient (Wildman–Crippen LogP) is 6.20. The van der Waals surface area contributed by atoms with Crippen molar-refractivity contribution >= 4 is 45.2 Å². The van der Waals surface area contributed by atoms with Crippen LogP contribution in [0.15, 0.2) is 72.0 Å². The fraction of sp³-hybridized carbons (Fsp3) is 0.281. The highest BCUT2D eigenvalue weighted by atomic mass is 16.5. The summed E-state index contributed by atoms with van der Waals surface area (Å²) in [5, 5.41) is 12.8. The molecule has 0 saturated carbocycles. The molecule has 0 saturated heterocycles. The third kappa shape index (κ3) is 4.20. The number of carbonyl (C=O) groups is 2. The highest BCUT2D eigenvalue weighted by Gasteiger charge is 2.38. The van der Waals surface area contributed by atoms with Crippen molar-refractivity contribution in [2.45, 2.75) is 32.6 Å². The number of ketones is 1. The minimum Gasteiger partial charge on any atom is -0.506 e. The lowest BCUT2D eigenvalue weighted by Gasteiger charge is -2.22. The van der Waals surface area contributed by atoms with E-state index in [9.17, 15) is 14.7 Å². The molecular formula is C32H33N2O4+. The van der Waals surface area contributed by atoms with Crippen molar-refractivity contribution in [2.24, 2.45) is 0 Å². The smallest absolute Gasteiger partial charge is 0.338 e. The third-order valence-electron chi connectivity index (χ3n) is 7.43. The van der Waals surface area contributed by atoms with E-state index < -0.39 is 0 Å². The molecule has 1 N–H and O–H groups in total. The molecular weight excluding hydrogens is 476 g/mol. The van der Waals surface area contributed by atoms with Crippen LogP contribution in [0.25, 0.3) is 16.3 Å². The van der Waals surface area contributed by atoms with Gasteiger partial charge in [0.25, 0.3) is 0 Å². The molecule has 6 heteroatoms. The summed E-state index contributed by atoms with van der Waals surface area (Å²) in [6, 6.07) is 17.2. The van der Waals surface area contributed by atoms with Crippen molar-refractivity contribution < 1.29 is 24.0 Å². The standard InChI is InChI=1S/C32H32N2O4/c1-5-6-7-8-18-34-26-11-9-10-22-23(32(37)38-4)16-17-24(29(22)26)27(34)19-25-30(35)28(31(25)36)20-12-14-21(15-13-20)33(2)3/h9-17,19H,5-8,18H2,1-4H3/p+1. The summed E-state index contributed by atoms with van der Waals surface area (Å²) in [5.41, 5.74) is 5.70. The molecule has 3 aromatic rings. The van der Waals surface area contributed by atoms with Gasteiger partial charge in [-0.15, -0.1) is 0 Å². The summed E-state index contributed by atoms with van der Waals surface area (Å²) >= 11 is 0. The van der Waals surface area contributed by atoms with Gasteiger partial charge < -0.3 is 14.7 Å². The molecule has 0 spiro atoms. The monoisotopic (exact) mass is 509 g/mol. The lowest BCUT2D eigenvalue weighted by Crippen LogP contribution is -2.24. The zero-order chi connectivity index (χ0) is 27.0. The summed E-state index contributed by atoms with van der Waals surface area (Å²) in [6.07, 6.45) is 6.21. The van der Waals surface area contributed by atoms with Crippen LogP contribution in [0.5, 0.6) is 0 Å². The maximum atomic E-state index is 13.3. The van der Waals surface area contributed by atoms with Crippen molar-refractivity contribution in [3.63, 3.8) is 0 Å². The van der Waals surface area contributed by atoms with Crippen LogP contribution >= 0.6 is 0 Å². The zero-order valence-electron chi connectivity index (χ0n) is 22.4. The Morgan fingerprint density at radius 1 is 1.03 bits per heavy atom. The summed E-state index contributed by atoms with van der Waals surface area (Å²) in [4.78, 5) is 27.8. The number of allylic oxidation sites excluding steroid dienone is 3. The van der Waals surface area contributed by atoms with Crippen LogP contribution in [0, 0.1) is 0 Å². The van der Waals surface area contributed by atoms with Crippen LogP contribution in [0.1, 0.15) is 54.1 Å². The van der Waals surface area contributed by atoms with E-state index in [0.29, 0.717) is 22.3 Å². The Bertz CT molecular complexity index is 1540. The number of aliphatic hydroxyl groups is 1. The Morgan fingerprint density at radius 3 is 2.45 bits per heavy atom. The minimum absolute atomic E-state index is 0.0180. The first-order valence-corrected chi connectivity index (χ1v) is 13.1. The fourth-order valence-corrected chi connectivity index (χ4v) is 5.37. The molecule has 0 unspecified atom stereocenters. The summed E-state index contributed by atoms with van der Waals surface area (Å²) in [6.45, 7) is 2.96. The van der Waals surface area contributed by atoms with Crippen LogP contribution in [-0.4, -0.2) is 54.9 Å². The molecule has 0 amide bonds. The molecule has 3 aromatic carbocycles. The lowest BCUT2D eigenvalue weighted by molar-refractivity contribution is -0.436. The van der Waals surface area contributed by atoms with Crippen LogP contribution in [-0.2, 0) is 9.53 Å². The number of anilines is 1. The van der Waals surface area contributed by atoms with Crippen LogP contribution in [0.3, 0.4) is 0 Å². The highest BCUT2D eigenvalue weighted by molar-refractivity contribution is 6.40. The largest absolute Gasteiger partial charge is 0.506 e. The van der Waals surface area contributed by atoms with Gasteiger partial charge in [0.05, 0.1) is 34.8 Å². The van der Waals surface area contributed by atoms with Gasteiger partial charge >= 0.3 is 5.97 Å². The first-order chi connectivity index (χ1) is 18.4. The van der Waals surface area contributed by atoms with E-state index >= 15 is 0 Å². The number of esters is 1. The van der Waals surface area contributed by atoms with Gasteiger partial charge in [0.1, 0.15) is 12.3 Å². The Morgan fingerprint density at radius 2 is 1.79 bits per heavy atom. The van der Waals surface area contributed by atoms with Crippen molar-refractivity contribution in [1.82, 2.24) is 0 Å². The number of hydrogen-bond donors (Lipinski definition) is 1. The molecule has 0 atom stereocenters. The van der Waals surface area contributed by atoms with Crippen molar-refractivity contribution in [2.75, 3.05) is 32.6 Å². The Hall–Kier alpha value is -4.19. The SMILES string of the molecule is CCCCCC[N+]1=C(C=C2C(=O)C(c3ccc(N(C)C)cc3)=C2O)c2ccc(C(=O)OC)c3cccc1c23. The quantitative estimate of drug-likeness (QED) is 0.161. The van der Waals surface area contributed by atoms with Crippen molar-refractivity contribution in [1.29, 1.82) is 0 Å². The van der Waals surface area contributed by atoms with Gasteiger partial charge in [0.2, 0.25) is 17.2 Å². The first-order valence-electron chi connectivity index (χ1n) is 13.1. The maximum absolute atomic E-state index is 13.3. The number of hydrogen-bond acceptors (Lipinski definition) is 5. The average molecular weight is 510 g/mol. The van der Waals surface area contributed by atoms with Crippen LogP contribution < -0.4 is 4.90 Å². The minimum atomic E-state index is -0.380. The summed E-state index contributed by atoms with van der Waals surface area (Å²) in [5.74, 6) is -0.531. The molecule has 0 aromatic heterocycles. The Balaban J connectivity index is 1.60. The van der Waals surface area contributed by atoms with E-state index in [-0.39, 0.29) is 17.5 Å². The van der Waals surface area contributed by atoms with Gasteiger partial charge in [-0.25, -0.2) is 4.79 Å². The topological polar surface area (TPSA) is 69.8 Å². The number of carbonyl (C=O) groups excluding carboxylic acids is 2. The summed E-state index contributed by atoms with van der Waals surface area (Å²) in [7, 11) is 5.30. The molecule has 2 aliphatic rings. The number of unbranched alkanes of at least 4 members (excludes halogenated alkanes) is 3. The average Bonchev–Trinajstić information content (AvgIpc) is 3.23. The molecule has 6 nitrogen and oxygen atoms in total. The zero-order valence-corrected chi connectivity index (χ0v) is 22.4. The summed E-state index contributed by atoms with van der Waals surface area (Å²) < 4.78 is 7.24. The van der Waals surface area contributed by atoms with Gasteiger partial charge in [-0.05, 0) is 36.2 Å². The van der Waals surface area contributed by atoms with E-state index in [1.165, 1.54) is 7.11 Å². The van der Waals surface area contributed by atoms with Gasteiger partial charge in [-0.1, -0.05) is 44.0 Å². The number of aliphatic hydroxyl groups excluding tert-OH is 1. The molecule has 0 fully saturated rings. The first kappa shape index (κ1) is 25.5. The Labute approximate surface area is 223 Å². The van der Waals surface area contributed by atoms with E-state index in [4.69, 9.17) is 4.74 Å². The molecule has 1 aliphatic carbocycles. The van der Waals surface area contributed by atoms with E-state index in [0.717, 1.165) is 65.7 Å². The number of benzene rings is 3. The lowest BCUT2D eigenvalue weighted by atomic mass is 9.82. The second kappa shape index (κ2) is 10.3. The molecule has 38 heavy (non-hydrogen) atoms. The number of methoxy groups -OCH3 is 1. The van der Waals surface area contributed by atoms with Gasteiger partial charge in [-0.2, -0.15) is 4.58 Å². The van der Waals surface area contributed by atoms with Crippen LogP contribution in [0.4, 0.5) is 11.4 Å². The maximum Gasteiger partial charge on any atom is 0.338 e. The third-order valence-corrected chi connectivity index (χ3v) is 7.43. The predicted molar refractivity (Wildman–Crippen MR) is 152 cm³/mol. The molecule has 0 radical (unpaired) electrons. The van der Waals surface area contributed by atoms with Gasteiger partial charge in [-0.3, -0.25) is 4.79 Å². The van der Waals surface area contributed by atoms with Crippen molar-refractivity contribution in [3.05, 3.63) is 88.7 Å². The van der Waals surface area contributed by atoms with E-state index in [1.54, 1.807) is 6.07 Å². The van der Waals surface area contributed by atoms with Crippen molar-refractivity contribution in [3.8, 4) is 0 Å². The second-order valence-electron chi connectivity index (χ2n) is 10.0. The molecule has 1 aliphatic heterocycles. The van der Waals surface area contributed by atoms with E-state index in [2.05, 4.69) is 11.5 Å². The van der Waals surface area contributed by atoms with E-state index in [1.807, 2.05) is 73.6 Å².